The van der Waals surface area contributed by atoms with Gasteiger partial charge in [0.25, 0.3) is 5.91 Å². The summed E-state index contributed by atoms with van der Waals surface area (Å²) < 4.78 is 12.7. The lowest BCUT2D eigenvalue weighted by Crippen LogP contribution is -2.48. The number of rotatable bonds is 3. The molecule has 1 aromatic rings. The van der Waals surface area contributed by atoms with Crippen LogP contribution >= 0.6 is 11.6 Å². The van der Waals surface area contributed by atoms with E-state index in [1.165, 1.54) is 12.1 Å². The van der Waals surface area contributed by atoms with Crippen molar-refractivity contribution < 1.29 is 9.18 Å². The van der Waals surface area contributed by atoms with Crippen molar-refractivity contribution in [3.63, 3.8) is 0 Å². The van der Waals surface area contributed by atoms with Crippen molar-refractivity contribution in [2.75, 3.05) is 5.88 Å². The molecular formula is C12H14ClFN2O. The standard InChI is InChI=1S/C12H14ClFN2O/c13-8-12(5-1-2-6-12)16-11(17)10-4-3-9(14)7-15-10/h3-4,7H,1-2,5-6,8H2,(H,16,17). The second-order valence-corrected chi connectivity index (χ2v) is 4.70. The first-order valence-corrected chi connectivity index (χ1v) is 6.19. The van der Waals surface area contributed by atoms with Gasteiger partial charge in [0, 0.05) is 5.88 Å². The zero-order valence-corrected chi connectivity index (χ0v) is 10.1. The predicted octanol–water partition coefficient (Wildman–Crippen LogP) is 2.50. The Labute approximate surface area is 104 Å². The molecule has 0 unspecified atom stereocenters. The van der Waals surface area contributed by atoms with Crippen LogP contribution in [0, 0.1) is 5.82 Å². The Morgan fingerprint density at radius 3 is 2.71 bits per heavy atom. The second kappa shape index (κ2) is 5.00. The molecule has 1 fully saturated rings. The number of halogens is 2. The Morgan fingerprint density at radius 2 is 2.18 bits per heavy atom. The molecule has 1 N–H and O–H groups in total. The first kappa shape index (κ1) is 12.3. The molecular weight excluding hydrogens is 243 g/mol. The minimum Gasteiger partial charge on any atom is -0.344 e. The number of aromatic nitrogens is 1. The van der Waals surface area contributed by atoms with Crippen LogP contribution in [0.3, 0.4) is 0 Å². The number of hydrogen-bond acceptors (Lipinski definition) is 2. The molecule has 2 rings (SSSR count). The van der Waals surface area contributed by atoms with Crippen molar-refractivity contribution in [2.45, 2.75) is 31.2 Å². The molecule has 0 aliphatic heterocycles. The molecule has 0 spiro atoms. The lowest BCUT2D eigenvalue weighted by molar-refractivity contribution is 0.0904. The summed E-state index contributed by atoms with van der Waals surface area (Å²) in [5.74, 6) is -0.332. The topological polar surface area (TPSA) is 42.0 Å². The van der Waals surface area contributed by atoms with Crippen molar-refractivity contribution >= 4 is 17.5 Å². The summed E-state index contributed by atoms with van der Waals surface area (Å²) in [7, 11) is 0. The summed E-state index contributed by atoms with van der Waals surface area (Å²) in [5.41, 5.74) is -0.0860. The summed E-state index contributed by atoms with van der Waals surface area (Å²) in [5, 5.41) is 2.92. The Morgan fingerprint density at radius 1 is 1.47 bits per heavy atom. The van der Waals surface area contributed by atoms with Gasteiger partial charge in [-0.3, -0.25) is 4.79 Å². The molecule has 0 saturated heterocycles. The molecule has 0 atom stereocenters. The smallest absolute Gasteiger partial charge is 0.270 e. The van der Waals surface area contributed by atoms with E-state index in [4.69, 9.17) is 11.6 Å². The van der Waals surface area contributed by atoms with E-state index in [0.717, 1.165) is 31.9 Å². The molecule has 0 aromatic carbocycles. The first-order chi connectivity index (χ1) is 8.15. The van der Waals surface area contributed by atoms with Gasteiger partial charge >= 0.3 is 0 Å². The van der Waals surface area contributed by atoms with E-state index in [1.807, 2.05) is 0 Å². The van der Waals surface area contributed by atoms with E-state index in [1.54, 1.807) is 0 Å². The SMILES string of the molecule is O=C(NC1(CCl)CCCC1)c1ccc(F)cn1. The van der Waals surface area contributed by atoms with Gasteiger partial charge in [0.1, 0.15) is 11.5 Å². The van der Waals surface area contributed by atoms with Crippen LogP contribution < -0.4 is 5.32 Å². The fourth-order valence-electron chi connectivity index (χ4n) is 2.16. The Bertz CT molecular complexity index is 401. The average molecular weight is 257 g/mol. The van der Waals surface area contributed by atoms with Gasteiger partial charge < -0.3 is 5.32 Å². The summed E-state index contributed by atoms with van der Waals surface area (Å²) >= 11 is 5.93. The van der Waals surface area contributed by atoms with Crippen molar-refractivity contribution in [3.05, 3.63) is 29.8 Å². The number of nitrogens with one attached hydrogen (secondary N) is 1. The van der Waals surface area contributed by atoms with Crippen LogP contribution in [0.1, 0.15) is 36.2 Å². The summed E-state index contributed by atoms with van der Waals surface area (Å²) in [6.45, 7) is 0. The van der Waals surface area contributed by atoms with Crippen molar-refractivity contribution in [2.24, 2.45) is 0 Å². The van der Waals surface area contributed by atoms with Gasteiger partial charge in [-0.1, -0.05) is 12.8 Å². The molecule has 1 saturated carbocycles. The Kier molecular flexibility index (Phi) is 3.62. The lowest BCUT2D eigenvalue weighted by atomic mass is 10.0. The van der Waals surface area contributed by atoms with Crippen LogP contribution in [-0.2, 0) is 0 Å². The van der Waals surface area contributed by atoms with E-state index in [0.29, 0.717) is 5.88 Å². The van der Waals surface area contributed by atoms with Gasteiger partial charge in [0.2, 0.25) is 0 Å². The van der Waals surface area contributed by atoms with Gasteiger partial charge in [-0.15, -0.1) is 11.6 Å². The van der Waals surface area contributed by atoms with E-state index < -0.39 is 5.82 Å². The number of nitrogens with zero attached hydrogens (tertiary/aromatic N) is 1. The number of carbonyl (C=O) groups excluding carboxylic acids is 1. The summed E-state index contributed by atoms with van der Waals surface area (Å²) in [6.07, 6.45) is 4.97. The largest absolute Gasteiger partial charge is 0.344 e. The highest BCUT2D eigenvalue weighted by Gasteiger charge is 2.34. The molecule has 1 aromatic heterocycles. The molecule has 92 valence electrons. The van der Waals surface area contributed by atoms with Crippen LogP contribution in [-0.4, -0.2) is 22.3 Å². The molecule has 0 bridgehead atoms. The Hall–Kier alpha value is -1.16. The van der Waals surface area contributed by atoms with E-state index >= 15 is 0 Å². The van der Waals surface area contributed by atoms with E-state index in [2.05, 4.69) is 10.3 Å². The van der Waals surface area contributed by atoms with E-state index in [-0.39, 0.29) is 17.1 Å². The minimum absolute atomic E-state index is 0.225. The number of hydrogen-bond donors (Lipinski definition) is 1. The average Bonchev–Trinajstić information content (AvgIpc) is 2.79. The lowest BCUT2D eigenvalue weighted by Gasteiger charge is -2.27. The van der Waals surface area contributed by atoms with Gasteiger partial charge in [0.15, 0.2) is 0 Å². The highest BCUT2D eigenvalue weighted by Crippen LogP contribution is 2.30. The number of pyridine rings is 1. The molecule has 1 heterocycles. The van der Waals surface area contributed by atoms with Crippen LogP contribution in [0.25, 0.3) is 0 Å². The molecule has 0 radical (unpaired) electrons. The fourth-order valence-corrected chi connectivity index (χ4v) is 2.49. The first-order valence-electron chi connectivity index (χ1n) is 5.65. The quantitative estimate of drug-likeness (QED) is 0.845. The van der Waals surface area contributed by atoms with Crippen LogP contribution in [0.4, 0.5) is 4.39 Å². The van der Waals surface area contributed by atoms with Gasteiger partial charge in [0.05, 0.1) is 11.7 Å². The highest BCUT2D eigenvalue weighted by atomic mass is 35.5. The summed E-state index contributed by atoms with van der Waals surface area (Å²) in [6, 6.07) is 2.60. The van der Waals surface area contributed by atoms with Crippen LogP contribution in [0.15, 0.2) is 18.3 Å². The molecule has 1 aliphatic rings. The third kappa shape index (κ3) is 2.75. The van der Waals surface area contributed by atoms with Crippen molar-refractivity contribution in [1.29, 1.82) is 0 Å². The molecule has 17 heavy (non-hydrogen) atoms. The highest BCUT2D eigenvalue weighted by molar-refractivity contribution is 6.19. The van der Waals surface area contributed by atoms with E-state index in [9.17, 15) is 9.18 Å². The van der Waals surface area contributed by atoms with Crippen molar-refractivity contribution in [1.82, 2.24) is 10.3 Å². The normalized spacial score (nSPS) is 18.0. The van der Waals surface area contributed by atoms with Gasteiger partial charge in [-0.2, -0.15) is 0 Å². The maximum atomic E-state index is 12.7. The molecule has 1 aliphatic carbocycles. The minimum atomic E-state index is -0.450. The monoisotopic (exact) mass is 256 g/mol. The fraction of sp³-hybridized carbons (Fsp3) is 0.500. The zero-order chi connectivity index (χ0) is 12.3. The van der Waals surface area contributed by atoms with Crippen molar-refractivity contribution in [3.8, 4) is 0 Å². The number of carbonyl (C=O) groups is 1. The van der Waals surface area contributed by atoms with Crippen LogP contribution in [0.2, 0.25) is 0 Å². The molecule has 5 heteroatoms. The van der Waals surface area contributed by atoms with Crippen LogP contribution in [0.5, 0.6) is 0 Å². The molecule has 1 amide bonds. The maximum absolute atomic E-state index is 12.7. The van der Waals surface area contributed by atoms with Gasteiger partial charge in [-0.05, 0) is 25.0 Å². The maximum Gasteiger partial charge on any atom is 0.270 e. The zero-order valence-electron chi connectivity index (χ0n) is 9.38. The summed E-state index contributed by atoms with van der Waals surface area (Å²) in [4.78, 5) is 15.7. The van der Waals surface area contributed by atoms with Gasteiger partial charge in [-0.25, -0.2) is 9.37 Å². The predicted molar refractivity (Wildman–Crippen MR) is 63.6 cm³/mol. The second-order valence-electron chi connectivity index (χ2n) is 4.44. The molecule has 3 nitrogen and oxygen atoms in total. The number of amides is 1. The number of alkyl halides is 1. The Balaban J connectivity index is 2.08. The third-order valence-electron chi connectivity index (χ3n) is 3.16. The third-order valence-corrected chi connectivity index (χ3v) is 3.67.